The van der Waals surface area contributed by atoms with Crippen LogP contribution >= 0.6 is 0 Å². The van der Waals surface area contributed by atoms with Gasteiger partial charge in [0.25, 0.3) is 0 Å². The van der Waals surface area contributed by atoms with E-state index in [9.17, 15) is 0 Å². The quantitative estimate of drug-likeness (QED) is 0.639. The van der Waals surface area contributed by atoms with Gasteiger partial charge in [-0.1, -0.05) is 66.7 Å². The lowest BCUT2D eigenvalue weighted by atomic mass is 10.00. The predicted octanol–water partition coefficient (Wildman–Crippen LogP) is 4.89. The molecule has 3 aromatic carbocycles. The van der Waals surface area contributed by atoms with Gasteiger partial charge < -0.3 is 0 Å². The highest BCUT2D eigenvalue weighted by atomic mass is 14.2. The summed E-state index contributed by atoms with van der Waals surface area (Å²) in [6.07, 6.45) is 0. The number of hydrogen-bond donors (Lipinski definition) is 0. The minimum atomic E-state index is 0.689. The number of hydrogen-bond acceptors (Lipinski definition) is 1. The van der Waals surface area contributed by atoms with E-state index in [1.165, 1.54) is 11.1 Å². The van der Waals surface area contributed by atoms with E-state index in [4.69, 9.17) is 5.26 Å². The van der Waals surface area contributed by atoms with Crippen molar-refractivity contribution in [1.29, 1.82) is 5.26 Å². The first-order valence-corrected chi connectivity index (χ1v) is 6.53. The van der Waals surface area contributed by atoms with Crippen LogP contribution in [0.15, 0.2) is 78.9 Å². The molecule has 0 heterocycles. The average molecular weight is 255 g/mol. The molecule has 0 radical (unpaired) electrons. The summed E-state index contributed by atoms with van der Waals surface area (Å²) in [5, 5.41) is 8.81. The number of nitrogens with zero attached hydrogens (tertiary/aromatic N) is 1. The van der Waals surface area contributed by atoms with Gasteiger partial charge >= 0.3 is 0 Å². The minimum absolute atomic E-state index is 0.689. The van der Waals surface area contributed by atoms with Gasteiger partial charge in [-0.2, -0.15) is 5.26 Å². The Hall–Kier alpha value is -2.85. The Balaban J connectivity index is 1.91. The molecule has 0 atom stereocenters. The molecule has 0 saturated carbocycles. The molecule has 0 aliphatic carbocycles. The molecule has 1 nitrogen and oxygen atoms in total. The Morgan fingerprint density at radius 1 is 0.500 bits per heavy atom. The van der Waals surface area contributed by atoms with Crippen molar-refractivity contribution in [3.05, 3.63) is 84.4 Å². The van der Waals surface area contributed by atoms with Crippen molar-refractivity contribution in [2.75, 3.05) is 0 Å². The van der Waals surface area contributed by atoms with Gasteiger partial charge in [-0.05, 0) is 34.4 Å². The largest absolute Gasteiger partial charge is 0.192 e. The fraction of sp³-hybridized carbons (Fsp3) is 0. The highest BCUT2D eigenvalue weighted by molar-refractivity contribution is 5.70. The second kappa shape index (κ2) is 5.42. The van der Waals surface area contributed by atoms with E-state index in [1.54, 1.807) is 0 Å². The van der Waals surface area contributed by atoms with E-state index in [2.05, 4.69) is 42.5 Å². The predicted molar refractivity (Wildman–Crippen MR) is 82.0 cm³/mol. The van der Waals surface area contributed by atoms with Gasteiger partial charge in [0.1, 0.15) is 0 Å². The summed E-state index contributed by atoms with van der Waals surface area (Å²) >= 11 is 0. The van der Waals surface area contributed by atoms with Crippen molar-refractivity contribution in [1.82, 2.24) is 0 Å². The molecule has 0 saturated heterocycles. The molecule has 3 aromatic rings. The highest BCUT2D eigenvalue weighted by Crippen LogP contribution is 2.24. The lowest BCUT2D eigenvalue weighted by molar-refractivity contribution is 1.48. The van der Waals surface area contributed by atoms with Crippen molar-refractivity contribution in [2.45, 2.75) is 0 Å². The molecule has 0 unspecified atom stereocenters. The normalized spacial score (nSPS) is 9.95. The zero-order valence-electron chi connectivity index (χ0n) is 11.0. The first kappa shape index (κ1) is 12.2. The molecule has 1 heteroatoms. The summed E-state index contributed by atoms with van der Waals surface area (Å²) in [5.41, 5.74) is 5.41. The zero-order chi connectivity index (χ0) is 13.8. The summed E-state index contributed by atoms with van der Waals surface area (Å²) in [7, 11) is 0. The lowest BCUT2D eigenvalue weighted by Gasteiger charge is -2.05. The maximum absolute atomic E-state index is 8.81. The van der Waals surface area contributed by atoms with Crippen molar-refractivity contribution in [3.63, 3.8) is 0 Å². The van der Waals surface area contributed by atoms with E-state index in [0.717, 1.165) is 11.1 Å². The molecular weight excluding hydrogens is 242 g/mol. The van der Waals surface area contributed by atoms with Crippen LogP contribution in [0.3, 0.4) is 0 Å². The SMILES string of the molecule is N#Cc1ccc(-c2ccc(-c3ccccc3)cc2)cc1. The van der Waals surface area contributed by atoms with Gasteiger partial charge in [0.05, 0.1) is 11.6 Å². The molecule has 0 aromatic heterocycles. The van der Waals surface area contributed by atoms with Gasteiger partial charge in [0, 0.05) is 0 Å². The van der Waals surface area contributed by atoms with Gasteiger partial charge in [-0.15, -0.1) is 0 Å². The van der Waals surface area contributed by atoms with Crippen LogP contribution in [0, 0.1) is 11.3 Å². The van der Waals surface area contributed by atoms with Crippen LogP contribution in [0.25, 0.3) is 22.3 Å². The van der Waals surface area contributed by atoms with E-state index in [-0.39, 0.29) is 0 Å². The average Bonchev–Trinajstić information content (AvgIpc) is 2.56. The first-order valence-electron chi connectivity index (χ1n) is 6.53. The molecule has 0 amide bonds. The van der Waals surface area contributed by atoms with Crippen LogP contribution in [0.1, 0.15) is 5.56 Å². The Kier molecular flexibility index (Phi) is 3.31. The van der Waals surface area contributed by atoms with Gasteiger partial charge in [-0.3, -0.25) is 0 Å². The molecule has 0 bridgehead atoms. The van der Waals surface area contributed by atoms with E-state index in [0.29, 0.717) is 5.56 Å². The summed E-state index contributed by atoms with van der Waals surface area (Å²) in [5.74, 6) is 0. The zero-order valence-corrected chi connectivity index (χ0v) is 11.0. The Morgan fingerprint density at radius 3 is 1.35 bits per heavy atom. The third kappa shape index (κ3) is 2.46. The molecule has 0 spiro atoms. The summed E-state index contributed by atoms with van der Waals surface area (Å²) < 4.78 is 0. The van der Waals surface area contributed by atoms with Crippen LogP contribution < -0.4 is 0 Å². The molecule has 3 rings (SSSR count). The second-order valence-corrected chi connectivity index (χ2v) is 4.63. The molecule has 20 heavy (non-hydrogen) atoms. The van der Waals surface area contributed by atoms with Crippen molar-refractivity contribution in [2.24, 2.45) is 0 Å². The van der Waals surface area contributed by atoms with Crippen molar-refractivity contribution in [3.8, 4) is 28.3 Å². The first-order chi connectivity index (χ1) is 9.86. The second-order valence-electron chi connectivity index (χ2n) is 4.63. The lowest BCUT2D eigenvalue weighted by Crippen LogP contribution is -1.81. The van der Waals surface area contributed by atoms with Crippen LogP contribution in [0.2, 0.25) is 0 Å². The Labute approximate surface area is 118 Å². The summed E-state index contributed by atoms with van der Waals surface area (Å²) in [6.45, 7) is 0. The molecule has 94 valence electrons. The van der Waals surface area contributed by atoms with E-state index in [1.807, 2.05) is 42.5 Å². The summed E-state index contributed by atoms with van der Waals surface area (Å²) in [4.78, 5) is 0. The van der Waals surface area contributed by atoms with E-state index < -0.39 is 0 Å². The Bertz CT molecular complexity index is 733. The number of rotatable bonds is 2. The van der Waals surface area contributed by atoms with Crippen LogP contribution in [-0.2, 0) is 0 Å². The number of benzene rings is 3. The fourth-order valence-electron chi connectivity index (χ4n) is 2.22. The van der Waals surface area contributed by atoms with Crippen LogP contribution in [0.4, 0.5) is 0 Å². The van der Waals surface area contributed by atoms with Gasteiger partial charge in [0.2, 0.25) is 0 Å². The fourth-order valence-corrected chi connectivity index (χ4v) is 2.22. The highest BCUT2D eigenvalue weighted by Gasteiger charge is 2.00. The molecule has 0 aliphatic heterocycles. The summed E-state index contributed by atoms with van der Waals surface area (Å²) in [6, 6.07) is 28.6. The van der Waals surface area contributed by atoms with E-state index >= 15 is 0 Å². The standard InChI is InChI=1S/C19H13N/c20-14-15-6-8-17(9-7-15)19-12-10-18(11-13-19)16-4-2-1-3-5-16/h1-13H. The van der Waals surface area contributed by atoms with Crippen molar-refractivity contribution < 1.29 is 0 Å². The third-order valence-electron chi connectivity index (χ3n) is 3.34. The molecule has 0 fully saturated rings. The maximum atomic E-state index is 8.81. The molecular formula is C19H13N. The third-order valence-corrected chi connectivity index (χ3v) is 3.34. The van der Waals surface area contributed by atoms with Crippen LogP contribution in [0.5, 0.6) is 0 Å². The minimum Gasteiger partial charge on any atom is -0.192 e. The topological polar surface area (TPSA) is 23.8 Å². The maximum Gasteiger partial charge on any atom is 0.0991 e. The Morgan fingerprint density at radius 2 is 0.900 bits per heavy atom. The number of nitriles is 1. The van der Waals surface area contributed by atoms with Gasteiger partial charge in [-0.25, -0.2) is 0 Å². The smallest absolute Gasteiger partial charge is 0.0991 e. The van der Waals surface area contributed by atoms with Crippen LogP contribution in [-0.4, -0.2) is 0 Å². The molecule has 0 aliphatic rings. The van der Waals surface area contributed by atoms with Crippen molar-refractivity contribution >= 4 is 0 Å². The monoisotopic (exact) mass is 255 g/mol. The van der Waals surface area contributed by atoms with Gasteiger partial charge in [0.15, 0.2) is 0 Å². The molecule has 0 N–H and O–H groups in total.